The molecule has 1 aromatic heterocycles. The predicted octanol–water partition coefficient (Wildman–Crippen LogP) is 0.877. The van der Waals surface area contributed by atoms with Gasteiger partial charge in [-0.2, -0.15) is 5.10 Å². The smallest absolute Gasteiger partial charge is 0.335 e. The number of urea groups is 1. The first kappa shape index (κ1) is 19.8. The van der Waals surface area contributed by atoms with Gasteiger partial charge in [-0.15, -0.1) is 6.58 Å². The number of aromatic nitrogens is 2. The number of rotatable bonds is 9. The van der Waals surface area contributed by atoms with Gasteiger partial charge < -0.3 is 10.1 Å². The Bertz CT molecular complexity index is 940. The molecule has 0 aliphatic carbocycles. The quantitative estimate of drug-likeness (QED) is 0.382. The van der Waals surface area contributed by atoms with Crippen LogP contribution in [-0.4, -0.2) is 63.0 Å². The molecule has 150 valence electrons. The lowest BCUT2D eigenvalue weighted by Gasteiger charge is -2.14. The lowest BCUT2D eigenvalue weighted by atomic mass is 10.3. The summed E-state index contributed by atoms with van der Waals surface area (Å²) in [6, 6.07) is 7.66. The molecule has 1 aliphatic heterocycles. The number of carbonyl (C=O) groups excluding carboxylic acids is 4. The molecule has 0 saturated carbocycles. The lowest BCUT2D eigenvalue weighted by molar-refractivity contribution is -0.143. The van der Waals surface area contributed by atoms with Gasteiger partial charge in [0.05, 0.1) is 6.54 Å². The van der Waals surface area contributed by atoms with Gasteiger partial charge in [-0.05, 0) is 18.2 Å². The molecule has 0 atom stereocenters. The van der Waals surface area contributed by atoms with Crippen molar-refractivity contribution in [3.63, 3.8) is 0 Å². The van der Waals surface area contributed by atoms with Crippen LogP contribution < -0.4 is 10.1 Å². The van der Waals surface area contributed by atoms with Gasteiger partial charge in [-0.25, -0.2) is 9.69 Å². The van der Waals surface area contributed by atoms with E-state index >= 15 is 0 Å². The van der Waals surface area contributed by atoms with Gasteiger partial charge in [-0.3, -0.25) is 24.0 Å². The van der Waals surface area contributed by atoms with E-state index in [4.69, 9.17) is 4.74 Å². The molecular formula is C19H19N5O5. The van der Waals surface area contributed by atoms with Gasteiger partial charge in [0.15, 0.2) is 0 Å². The Morgan fingerprint density at radius 3 is 2.69 bits per heavy atom. The second-order valence-electron chi connectivity index (χ2n) is 6.07. The van der Waals surface area contributed by atoms with Crippen LogP contribution in [0, 0.1) is 0 Å². The predicted molar refractivity (Wildman–Crippen MR) is 102 cm³/mol. The van der Waals surface area contributed by atoms with Crippen LogP contribution in [0.3, 0.4) is 0 Å². The fourth-order valence-corrected chi connectivity index (χ4v) is 2.68. The highest BCUT2D eigenvalue weighted by molar-refractivity contribution is 6.45. The van der Waals surface area contributed by atoms with Crippen molar-refractivity contribution in [2.75, 3.05) is 25.0 Å². The molecule has 10 nitrogen and oxygen atoms in total. The maximum Gasteiger partial charge on any atom is 0.335 e. The Morgan fingerprint density at radius 2 is 1.97 bits per heavy atom. The molecule has 0 bridgehead atoms. The maximum absolute atomic E-state index is 12.3. The lowest BCUT2D eigenvalue weighted by Crippen LogP contribution is -2.39. The van der Waals surface area contributed by atoms with E-state index in [-0.39, 0.29) is 6.54 Å². The summed E-state index contributed by atoms with van der Waals surface area (Å²) < 4.78 is 7.36. The summed E-state index contributed by atoms with van der Waals surface area (Å²) in [5.74, 6) is -2.10. The van der Waals surface area contributed by atoms with Crippen molar-refractivity contribution < 1.29 is 23.9 Å². The third kappa shape index (κ3) is 4.67. The second-order valence-corrected chi connectivity index (χ2v) is 6.07. The van der Waals surface area contributed by atoms with Gasteiger partial charge in [0.2, 0.25) is 5.91 Å². The largest absolute Gasteiger partial charge is 0.492 e. The van der Waals surface area contributed by atoms with Crippen LogP contribution in [0.5, 0.6) is 5.75 Å². The van der Waals surface area contributed by atoms with Crippen molar-refractivity contribution in [3.8, 4) is 5.75 Å². The summed E-state index contributed by atoms with van der Waals surface area (Å²) in [6.07, 6.45) is 4.82. The van der Waals surface area contributed by atoms with E-state index in [0.29, 0.717) is 29.5 Å². The molecule has 10 heteroatoms. The Balaban J connectivity index is 1.55. The van der Waals surface area contributed by atoms with Crippen molar-refractivity contribution in [2.24, 2.45) is 0 Å². The molecule has 29 heavy (non-hydrogen) atoms. The van der Waals surface area contributed by atoms with Crippen molar-refractivity contribution in [1.29, 1.82) is 0 Å². The van der Waals surface area contributed by atoms with Crippen LogP contribution in [0.15, 0.2) is 55.4 Å². The molecule has 2 aromatic rings. The van der Waals surface area contributed by atoms with Gasteiger partial charge in [0.25, 0.3) is 0 Å². The van der Waals surface area contributed by atoms with Crippen molar-refractivity contribution >= 4 is 29.4 Å². The molecular weight excluding hydrogens is 378 g/mol. The number of hydrogen-bond donors (Lipinski definition) is 1. The zero-order valence-corrected chi connectivity index (χ0v) is 15.5. The van der Waals surface area contributed by atoms with E-state index in [1.165, 1.54) is 6.08 Å². The minimum absolute atomic E-state index is 0.0978. The SMILES string of the molecule is C=CCN1C(=O)C(=O)N(CC(=O)Nc2cccc(OCCn3cccn3)c2)C1=O. The molecule has 1 aromatic carbocycles. The number of benzene rings is 1. The highest BCUT2D eigenvalue weighted by Gasteiger charge is 2.44. The number of nitrogens with zero attached hydrogens (tertiary/aromatic N) is 4. The molecule has 0 unspecified atom stereocenters. The third-order valence-electron chi connectivity index (χ3n) is 4.01. The van der Waals surface area contributed by atoms with E-state index in [1.54, 1.807) is 35.1 Å². The summed E-state index contributed by atoms with van der Waals surface area (Å²) in [6.45, 7) is 3.72. The zero-order chi connectivity index (χ0) is 20.8. The van der Waals surface area contributed by atoms with Crippen LogP contribution in [-0.2, 0) is 20.9 Å². The molecule has 1 saturated heterocycles. The van der Waals surface area contributed by atoms with Gasteiger partial charge in [0.1, 0.15) is 18.9 Å². The van der Waals surface area contributed by atoms with Crippen LogP contribution in [0.25, 0.3) is 0 Å². The Hall–Kier alpha value is -3.95. The number of carbonyl (C=O) groups is 4. The number of hydrogen-bond acceptors (Lipinski definition) is 6. The zero-order valence-electron chi connectivity index (χ0n) is 15.5. The molecule has 1 N–H and O–H groups in total. The Morgan fingerprint density at radius 1 is 1.17 bits per heavy atom. The topological polar surface area (TPSA) is 114 Å². The average Bonchev–Trinajstić information content (AvgIpc) is 3.28. The van der Waals surface area contributed by atoms with E-state index < -0.39 is 30.3 Å². The Labute approximate surface area is 166 Å². The van der Waals surface area contributed by atoms with Crippen LogP contribution >= 0.6 is 0 Å². The number of nitrogens with one attached hydrogen (secondary N) is 1. The fourth-order valence-electron chi connectivity index (χ4n) is 2.68. The first-order valence-corrected chi connectivity index (χ1v) is 8.78. The summed E-state index contributed by atoms with van der Waals surface area (Å²) in [7, 11) is 0. The highest BCUT2D eigenvalue weighted by atomic mass is 16.5. The maximum atomic E-state index is 12.3. The minimum atomic E-state index is -1.04. The van der Waals surface area contributed by atoms with Crippen molar-refractivity contribution in [2.45, 2.75) is 6.54 Å². The normalized spacial score (nSPS) is 13.7. The number of ether oxygens (including phenoxy) is 1. The second kappa shape index (κ2) is 8.83. The van der Waals surface area contributed by atoms with Crippen LogP contribution in [0.4, 0.5) is 10.5 Å². The number of imide groups is 2. The molecule has 0 radical (unpaired) electrons. The van der Waals surface area contributed by atoms with Gasteiger partial charge in [-0.1, -0.05) is 12.1 Å². The molecule has 3 rings (SSSR count). The average molecular weight is 397 g/mol. The van der Waals surface area contributed by atoms with E-state index in [1.807, 2.05) is 12.3 Å². The summed E-state index contributed by atoms with van der Waals surface area (Å²) >= 11 is 0. The first-order valence-electron chi connectivity index (χ1n) is 8.78. The highest BCUT2D eigenvalue weighted by Crippen LogP contribution is 2.18. The summed E-state index contributed by atoms with van der Waals surface area (Å²) in [4.78, 5) is 49.4. The monoisotopic (exact) mass is 397 g/mol. The van der Waals surface area contributed by atoms with Gasteiger partial charge in [0, 0.05) is 30.7 Å². The van der Waals surface area contributed by atoms with Crippen molar-refractivity contribution in [1.82, 2.24) is 19.6 Å². The van der Waals surface area contributed by atoms with E-state index in [9.17, 15) is 19.2 Å². The van der Waals surface area contributed by atoms with Crippen LogP contribution in [0.1, 0.15) is 0 Å². The molecule has 2 heterocycles. The third-order valence-corrected chi connectivity index (χ3v) is 4.01. The molecule has 5 amide bonds. The summed E-state index contributed by atoms with van der Waals surface area (Å²) in [5, 5.41) is 6.66. The summed E-state index contributed by atoms with van der Waals surface area (Å²) in [5.41, 5.74) is 0.431. The Kier molecular flexibility index (Phi) is 6.03. The van der Waals surface area contributed by atoms with Crippen molar-refractivity contribution in [3.05, 3.63) is 55.4 Å². The molecule has 1 fully saturated rings. The number of anilines is 1. The van der Waals surface area contributed by atoms with E-state index in [0.717, 1.165) is 4.90 Å². The van der Waals surface area contributed by atoms with Crippen LogP contribution in [0.2, 0.25) is 0 Å². The standard InChI is InChI=1S/C19H19N5O5/c1-2-8-23-17(26)18(27)24(19(23)28)13-16(25)21-14-5-3-6-15(12-14)29-11-10-22-9-4-7-20-22/h2-7,9,12H,1,8,10-11,13H2,(H,21,25). The molecule has 0 spiro atoms. The minimum Gasteiger partial charge on any atom is -0.492 e. The van der Waals surface area contributed by atoms with E-state index in [2.05, 4.69) is 17.0 Å². The molecule has 1 aliphatic rings. The first-order chi connectivity index (χ1) is 14.0. The van der Waals surface area contributed by atoms with Gasteiger partial charge >= 0.3 is 17.8 Å². The number of amides is 5. The fraction of sp³-hybridized carbons (Fsp3) is 0.211.